The predicted octanol–water partition coefficient (Wildman–Crippen LogP) is 3.35. The molecule has 6 heteroatoms. The molecule has 0 aliphatic carbocycles. The van der Waals surface area contributed by atoms with E-state index in [1.54, 1.807) is 30.0 Å². The van der Waals surface area contributed by atoms with E-state index >= 15 is 0 Å². The molecule has 0 atom stereocenters. The van der Waals surface area contributed by atoms with Gasteiger partial charge in [0.2, 0.25) is 5.91 Å². The van der Waals surface area contributed by atoms with Crippen molar-refractivity contribution in [1.82, 2.24) is 4.57 Å². The van der Waals surface area contributed by atoms with Crippen LogP contribution in [0.5, 0.6) is 0 Å². The van der Waals surface area contributed by atoms with Gasteiger partial charge in [0, 0.05) is 23.5 Å². The van der Waals surface area contributed by atoms with Crippen molar-refractivity contribution in [3.63, 3.8) is 0 Å². The zero-order chi connectivity index (χ0) is 16.2. The minimum Gasteiger partial charge on any atom is -0.408 e. The number of benzene rings is 2. The fraction of sp³-hybridized carbons (Fsp3) is 0.176. The number of oxazole rings is 1. The van der Waals surface area contributed by atoms with Crippen LogP contribution in [0, 0.1) is 0 Å². The molecule has 23 heavy (non-hydrogen) atoms. The van der Waals surface area contributed by atoms with Gasteiger partial charge in [-0.15, -0.1) is 11.8 Å². The lowest BCUT2D eigenvalue weighted by atomic mass is 10.3. The van der Waals surface area contributed by atoms with Crippen LogP contribution in [0.3, 0.4) is 0 Å². The van der Waals surface area contributed by atoms with E-state index in [0.29, 0.717) is 11.1 Å². The molecule has 0 unspecified atom stereocenters. The van der Waals surface area contributed by atoms with Gasteiger partial charge in [-0.25, -0.2) is 4.79 Å². The first kappa shape index (κ1) is 15.4. The Labute approximate surface area is 137 Å². The summed E-state index contributed by atoms with van der Waals surface area (Å²) in [6, 6.07) is 14.8. The van der Waals surface area contributed by atoms with E-state index in [9.17, 15) is 9.59 Å². The lowest BCUT2D eigenvalue weighted by Gasteiger charge is -2.07. The predicted molar refractivity (Wildman–Crippen MR) is 91.9 cm³/mol. The minimum absolute atomic E-state index is 0.138. The van der Waals surface area contributed by atoms with Gasteiger partial charge in [-0.05, 0) is 36.6 Å². The largest absolute Gasteiger partial charge is 0.419 e. The molecular weight excluding hydrogens is 312 g/mol. The van der Waals surface area contributed by atoms with Gasteiger partial charge >= 0.3 is 5.76 Å². The second-order valence-corrected chi connectivity index (χ2v) is 5.90. The van der Waals surface area contributed by atoms with Crippen LogP contribution in [0.1, 0.15) is 6.42 Å². The van der Waals surface area contributed by atoms with Gasteiger partial charge in [0.05, 0.1) is 5.52 Å². The summed E-state index contributed by atoms with van der Waals surface area (Å²) in [5.41, 5.74) is 1.99. The Morgan fingerprint density at radius 2 is 2.04 bits per heavy atom. The molecule has 1 heterocycles. The number of amides is 1. The summed E-state index contributed by atoms with van der Waals surface area (Å²) in [6.45, 7) is 0.282. The molecule has 0 aliphatic heterocycles. The number of anilines is 1. The number of carbonyl (C=O) groups is 1. The lowest BCUT2D eigenvalue weighted by molar-refractivity contribution is -0.116. The highest BCUT2D eigenvalue weighted by Gasteiger charge is 2.10. The maximum absolute atomic E-state index is 12.1. The number of nitrogens with zero attached hydrogens (tertiary/aromatic N) is 1. The third kappa shape index (κ3) is 3.48. The normalized spacial score (nSPS) is 10.8. The highest BCUT2D eigenvalue weighted by molar-refractivity contribution is 7.98. The molecule has 0 fully saturated rings. The molecule has 0 saturated carbocycles. The molecule has 2 aromatic carbocycles. The number of aryl methyl sites for hydroxylation is 1. The molecular formula is C17H16N2O3S. The van der Waals surface area contributed by atoms with E-state index in [2.05, 4.69) is 5.32 Å². The van der Waals surface area contributed by atoms with Crippen molar-refractivity contribution in [3.8, 4) is 0 Å². The average molecular weight is 328 g/mol. The average Bonchev–Trinajstić information content (AvgIpc) is 2.88. The molecule has 0 radical (unpaired) electrons. The summed E-state index contributed by atoms with van der Waals surface area (Å²) in [7, 11) is 0. The van der Waals surface area contributed by atoms with Crippen molar-refractivity contribution in [3.05, 3.63) is 59.1 Å². The van der Waals surface area contributed by atoms with Crippen molar-refractivity contribution < 1.29 is 9.21 Å². The quantitative estimate of drug-likeness (QED) is 0.730. The van der Waals surface area contributed by atoms with Gasteiger partial charge in [-0.3, -0.25) is 9.36 Å². The Morgan fingerprint density at radius 1 is 1.22 bits per heavy atom. The second kappa shape index (κ2) is 6.75. The molecule has 1 aromatic heterocycles. The van der Waals surface area contributed by atoms with E-state index < -0.39 is 5.76 Å². The summed E-state index contributed by atoms with van der Waals surface area (Å²) in [5.74, 6) is -0.580. The first-order valence-electron chi connectivity index (χ1n) is 7.19. The van der Waals surface area contributed by atoms with E-state index in [0.717, 1.165) is 10.6 Å². The van der Waals surface area contributed by atoms with E-state index in [-0.39, 0.29) is 18.9 Å². The molecule has 3 rings (SSSR count). The van der Waals surface area contributed by atoms with Gasteiger partial charge < -0.3 is 9.73 Å². The molecule has 1 amide bonds. The van der Waals surface area contributed by atoms with Gasteiger partial charge in [0.1, 0.15) is 0 Å². The number of rotatable bonds is 5. The fourth-order valence-corrected chi connectivity index (χ4v) is 2.82. The molecule has 5 nitrogen and oxygen atoms in total. The number of hydrogen-bond acceptors (Lipinski definition) is 4. The zero-order valence-corrected chi connectivity index (χ0v) is 13.4. The van der Waals surface area contributed by atoms with Crippen LogP contribution in [-0.2, 0) is 11.3 Å². The Hall–Kier alpha value is -2.47. The standard InChI is InChI=1S/C17H16N2O3S/c1-23-13-6-4-5-12(11-13)18-16(20)9-10-19-14-7-2-3-8-15(14)22-17(19)21/h2-8,11H,9-10H2,1H3,(H,18,20). The summed E-state index contributed by atoms with van der Waals surface area (Å²) >= 11 is 1.62. The first-order chi connectivity index (χ1) is 11.2. The van der Waals surface area contributed by atoms with Crippen LogP contribution in [0.15, 0.2) is 62.6 Å². The maximum atomic E-state index is 12.1. The molecule has 118 valence electrons. The number of aromatic nitrogens is 1. The molecule has 1 N–H and O–H groups in total. The Bertz CT molecular complexity index is 898. The van der Waals surface area contributed by atoms with Crippen LogP contribution >= 0.6 is 11.8 Å². The molecule has 0 bridgehead atoms. The fourth-order valence-electron chi connectivity index (χ4n) is 2.36. The number of thioether (sulfide) groups is 1. The topological polar surface area (TPSA) is 64.2 Å². The number of carbonyl (C=O) groups excluding carboxylic acids is 1. The van der Waals surface area contributed by atoms with E-state index in [1.165, 1.54) is 4.57 Å². The number of hydrogen-bond donors (Lipinski definition) is 1. The Balaban J connectivity index is 1.68. The third-order valence-electron chi connectivity index (χ3n) is 3.49. The van der Waals surface area contributed by atoms with Crippen LogP contribution in [0.25, 0.3) is 11.1 Å². The SMILES string of the molecule is CSc1cccc(NC(=O)CCn2c(=O)oc3ccccc32)c1. The highest BCUT2D eigenvalue weighted by atomic mass is 32.2. The van der Waals surface area contributed by atoms with Crippen LogP contribution in [0.2, 0.25) is 0 Å². The number of nitrogens with one attached hydrogen (secondary N) is 1. The van der Waals surface area contributed by atoms with Crippen molar-refractivity contribution >= 4 is 34.5 Å². The Morgan fingerprint density at radius 3 is 2.87 bits per heavy atom. The Kier molecular flexibility index (Phi) is 4.52. The molecule has 3 aromatic rings. The minimum atomic E-state index is -0.441. The zero-order valence-electron chi connectivity index (χ0n) is 12.6. The number of para-hydroxylation sites is 2. The van der Waals surface area contributed by atoms with Crippen molar-refractivity contribution in [2.24, 2.45) is 0 Å². The van der Waals surface area contributed by atoms with Crippen LogP contribution in [0.4, 0.5) is 5.69 Å². The smallest absolute Gasteiger partial charge is 0.408 e. The monoisotopic (exact) mass is 328 g/mol. The van der Waals surface area contributed by atoms with Gasteiger partial charge in [0.25, 0.3) is 0 Å². The summed E-state index contributed by atoms with van der Waals surface area (Å²) in [4.78, 5) is 25.0. The second-order valence-electron chi connectivity index (χ2n) is 5.02. The molecule has 0 aliphatic rings. The summed E-state index contributed by atoms with van der Waals surface area (Å²) < 4.78 is 6.63. The van der Waals surface area contributed by atoms with Crippen LogP contribution < -0.4 is 11.1 Å². The third-order valence-corrected chi connectivity index (χ3v) is 4.22. The van der Waals surface area contributed by atoms with Crippen molar-refractivity contribution in [2.45, 2.75) is 17.9 Å². The van der Waals surface area contributed by atoms with Crippen molar-refractivity contribution in [2.75, 3.05) is 11.6 Å². The van der Waals surface area contributed by atoms with Gasteiger partial charge in [-0.1, -0.05) is 18.2 Å². The molecule has 0 saturated heterocycles. The highest BCUT2D eigenvalue weighted by Crippen LogP contribution is 2.19. The van der Waals surface area contributed by atoms with Crippen molar-refractivity contribution in [1.29, 1.82) is 0 Å². The van der Waals surface area contributed by atoms with E-state index in [4.69, 9.17) is 4.42 Å². The number of fused-ring (bicyclic) bond motifs is 1. The first-order valence-corrected chi connectivity index (χ1v) is 8.42. The summed E-state index contributed by atoms with van der Waals surface area (Å²) in [6.07, 6.45) is 2.18. The maximum Gasteiger partial charge on any atom is 0.419 e. The van der Waals surface area contributed by atoms with E-state index in [1.807, 2.05) is 36.6 Å². The summed E-state index contributed by atoms with van der Waals surface area (Å²) in [5, 5.41) is 2.85. The van der Waals surface area contributed by atoms with Gasteiger partial charge in [-0.2, -0.15) is 0 Å². The lowest BCUT2D eigenvalue weighted by Crippen LogP contribution is -2.19. The van der Waals surface area contributed by atoms with Gasteiger partial charge in [0.15, 0.2) is 5.58 Å². The van der Waals surface area contributed by atoms with Crippen LogP contribution in [-0.4, -0.2) is 16.7 Å². The molecule has 0 spiro atoms.